The van der Waals surface area contributed by atoms with Crippen LogP contribution in [0.25, 0.3) is 11.1 Å². The number of halogens is 1. The summed E-state index contributed by atoms with van der Waals surface area (Å²) in [6.45, 7) is -0.0417. The Morgan fingerprint density at radius 2 is 1.45 bits per heavy atom. The van der Waals surface area contributed by atoms with E-state index in [1.807, 2.05) is 30.3 Å². The van der Waals surface area contributed by atoms with E-state index in [0.29, 0.717) is 22.6 Å². The first kappa shape index (κ1) is 28.6. The average Bonchev–Trinajstić information content (AvgIpc) is 2.90. The van der Waals surface area contributed by atoms with Crippen molar-refractivity contribution in [1.29, 1.82) is 0 Å². The van der Waals surface area contributed by atoms with E-state index >= 15 is 0 Å². The van der Waals surface area contributed by atoms with E-state index < -0.39 is 11.9 Å². The van der Waals surface area contributed by atoms with E-state index in [0.717, 1.165) is 16.7 Å². The number of nitrogens with zero attached hydrogens (tertiary/aromatic N) is 2. The maximum absolute atomic E-state index is 12.9. The predicted molar refractivity (Wildman–Crippen MR) is 147 cm³/mol. The number of carbonyl (C=O) groups excluding carboxylic acids is 3. The van der Waals surface area contributed by atoms with Crippen molar-refractivity contribution in [3.63, 3.8) is 0 Å². The zero-order valence-electron chi connectivity index (χ0n) is 21.7. The van der Waals surface area contributed by atoms with Gasteiger partial charge in [0.2, 0.25) is 5.91 Å². The molecule has 1 atom stereocenters. The van der Waals surface area contributed by atoms with Crippen LogP contribution in [0.2, 0.25) is 5.02 Å². The number of aryl methyl sites for hydroxylation is 1. The van der Waals surface area contributed by atoms with E-state index in [2.05, 4.69) is 0 Å². The fourth-order valence-electron chi connectivity index (χ4n) is 3.98. The normalized spacial score (nSPS) is 11.5. The fourth-order valence-corrected chi connectivity index (χ4v) is 4.11. The number of likely N-dealkylation sites (N-methyl/N-ethyl adjacent to an activating group) is 2. The number of benzene rings is 3. The van der Waals surface area contributed by atoms with Gasteiger partial charge in [-0.2, -0.15) is 0 Å². The number of Topliss-reactive ketones (excluding diaryl/α,β-unsaturated/α-hetero) is 1. The van der Waals surface area contributed by atoms with E-state index in [-0.39, 0.29) is 37.0 Å². The first-order valence-electron chi connectivity index (χ1n) is 12.2. The molecule has 0 saturated heterocycles. The lowest BCUT2D eigenvalue weighted by molar-refractivity contribution is -0.141. The second-order valence-corrected chi connectivity index (χ2v) is 9.87. The molecule has 8 heteroatoms. The third kappa shape index (κ3) is 7.76. The summed E-state index contributed by atoms with van der Waals surface area (Å²) in [6, 6.07) is 21.4. The highest BCUT2D eigenvalue weighted by molar-refractivity contribution is 6.30. The molecule has 2 amide bonds. The second-order valence-electron chi connectivity index (χ2n) is 9.44. The highest BCUT2D eigenvalue weighted by atomic mass is 35.5. The monoisotopic (exact) mass is 534 g/mol. The lowest BCUT2D eigenvalue weighted by Gasteiger charge is -2.19. The van der Waals surface area contributed by atoms with E-state index in [9.17, 15) is 24.3 Å². The van der Waals surface area contributed by atoms with Gasteiger partial charge in [-0.25, -0.2) is 0 Å². The minimum absolute atomic E-state index is 0.0417. The van der Waals surface area contributed by atoms with Crippen LogP contribution in [0.15, 0.2) is 72.8 Å². The Labute approximate surface area is 227 Å². The lowest BCUT2D eigenvalue weighted by Crippen LogP contribution is -2.37. The predicted octanol–water partition coefficient (Wildman–Crippen LogP) is 5.07. The summed E-state index contributed by atoms with van der Waals surface area (Å²) in [4.78, 5) is 52.2. The molecule has 0 spiro atoms. The van der Waals surface area contributed by atoms with Crippen LogP contribution >= 0.6 is 11.6 Å². The van der Waals surface area contributed by atoms with Gasteiger partial charge in [0.25, 0.3) is 5.91 Å². The number of ketones is 1. The zero-order chi connectivity index (χ0) is 27.8. The number of carboxylic acids is 1. The minimum Gasteiger partial charge on any atom is -0.481 e. The van der Waals surface area contributed by atoms with Crippen molar-refractivity contribution in [2.75, 3.05) is 27.7 Å². The van der Waals surface area contributed by atoms with Gasteiger partial charge in [0.05, 0.1) is 12.5 Å². The summed E-state index contributed by atoms with van der Waals surface area (Å²) >= 11 is 5.94. The molecule has 0 radical (unpaired) electrons. The Balaban J connectivity index is 1.62. The first-order chi connectivity index (χ1) is 18.0. The van der Waals surface area contributed by atoms with Gasteiger partial charge in [-0.3, -0.25) is 19.2 Å². The Bertz CT molecular complexity index is 1300. The quantitative estimate of drug-likeness (QED) is 0.346. The summed E-state index contributed by atoms with van der Waals surface area (Å²) in [7, 11) is 4.81. The Kier molecular flexibility index (Phi) is 9.79. The molecule has 3 aromatic rings. The van der Waals surface area contributed by atoms with Crippen molar-refractivity contribution >= 4 is 35.2 Å². The topological polar surface area (TPSA) is 95.0 Å². The van der Waals surface area contributed by atoms with Crippen molar-refractivity contribution in [3.05, 3.63) is 94.5 Å². The average molecular weight is 535 g/mol. The standard InChI is InChI=1S/C30H31ClN2O5/c1-32(2)28(35)19-33(3)29(36)24-6-4-5-20(17-24)7-8-25(30(37)38)18-27(34)23-11-9-21(10-12-23)22-13-15-26(31)16-14-22/h4-6,9-17,25H,7-8,18-19H2,1-3H3,(H,37,38). The maximum atomic E-state index is 12.9. The van der Waals surface area contributed by atoms with Crippen LogP contribution < -0.4 is 0 Å². The third-order valence-electron chi connectivity index (χ3n) is 6.34. The molecule has 0 bridgehead atoms. The van der Waals surface area contributed by atoms with Crippen molar-refractivity contribution in [2.24, 2.45) is 5.92 Å². The molecule has 0 heterocycles. The first-order valence-corrected chi connectivity index (χ1v) is 12.6. The molecule has 3 rings (SSSR count). The summed E-state index contributed by atoms with van der Waals surface area (Å²) < 4.78 is 0. The molecule has 3 aromatic carbocycles. The summed E-state index contributed by atoms with van der Waals surface area (Å²) in [5.74, 6) is -2.63. The fraction of sp³-hybridized carbons (Fsp3) is 0.267. The van der Waals surface area contributed by atoms with E-state index in [1.165, 1.54) is 9.80 Å². The molecule has 198 valence electrons. The van der Waals surface area contributed by atoms with Crippen LogP contribution in [0.1, 0.15) is 39.1 Å². The highest BCUT2D eigenvalue weighted by Crippen LogP contribution is 2.23. The van der Waals surface area contributed by atoms with E-state index in [4.69, 9.17) is 11.6 Å². The Morgan fingerprint density at radius 1 is 0.842 bits per heavy atom. The van der Waals surface area contributed by atoms with Gasteiger partial charge >= 0.3 is 5.97 Å². The minimum atomic E-state index is -1.04. The van der Waals surface area contributed by atoms with Gasteiger partial charge in [-0.1, -0.05) is 60.1 Å². The van der Waals surface area contributed by atoms with Gasteiger partial charge in [0.1, 0.15) is 0 Å². The number of amides is 2. The molecular weight excluding hydrogens is 504 g/mol. The molecular formula is C30H31ClN2O5. The molecule has 0 fully saturated rings. The zero-order valence-corrected chi connectivity index (χ0v) is 22.4. The summed E-state index contributed by atoms with van der Waals surface area (Å²) in [6.07, 6.45) is 0.515. The molecule has 7 nitrogen and oxygen atoms in total. The van der Waals surface area contributed by atoms with Gasteiger partial charge < -0.3 is 14.9 Å². The largest absolute Gasteiger partial charge is 0.481 e. The smallest absolute Gasteiger partial charge is 0.306 e. The number of carboxylic acid groups (broad SMARTS) is 1. The SMILES string of the molecule is CN(C)C(=O)CN(C)C(=O)c1cccc(CCC(CC(=O)c2ccc(-c3ccc(Cl)cc3)cc2)C(=O)O)c1. The molecule has 38 heavy (non-hydrogen) atoms. The molecule has 0 saturated carbocycles. The van der Waals surface area contributed by atoms with Gasteiger partial charge in [0, 0.05) is 43.7 Å². The van der Waals surface area contributed by atoms with Gasteiger partial charge in [-0.15, -0.1) is 0 Å². The van der Waals surface area contributed by atoms with Gasteiger partial charge in [0.15, 0.2) is 5.78 Å². The lowest BCUT2D eigenvalue weighted by atomic mass is 9.91. The maximum Gasteiger partial charge on any atom is 0.306 e. The number of carbonyl (C=O) groups is 4. The molecule has 1 unspecified atom stereocenters. The van der Waals surface area contributed by atoms with E-state index in [1.54, 1.807) is 63.6 Å². The molecule has 0 aliphatic carbocycles. The molecule has 1 N–H and O–H groups in total. The number of aliphatic carboxylic acids is 1. The Morgan fingerprint density at radius 3 is 2.03 bits per heavy atom. The van der Waals surface area contributed by atoms with Crippen LogP contribution in [0.3, 0.4) is 0 Å². The number of rotatable bonds is 11. The highest BCUT2D eigenvalue weighted by Gasteiger charge is 2.23. The second kappa shape index (κ2) is 13.0. The Hall–Kier alpha value is -3.97. The van der Waals surface area contributed by atoms with Crippen LogP contribution in [0.4, 0.5) is 0 Å². The molecule has 0 aliphatic rings. The van der Waals surface area contributed by atoms with Crippen LogP contribution in [-0.4, -0.2) is 66.2 Å². The number of hydrogen-bond acceptors (Lipinski definition) is 4. The molecule has 0 aromatic heterocycles. The van der Waals surface area contributed by atoms with Crippen molar-refractivity contribution in [3.8, 4) is 11.1 Å². The summed E-state index contributed by atoms with van der Waals surface area (Å²) in [5.41, 5.74) is 3.55. The third-order valence-corrected chi connectivity index (χ3v) is 6.59. The van der Waals surface area contributed by atoms with Crippen molar-refractivity contribution < 1.29 is 24.3 Å². The van der Waals surface area contributed by atoms with Crippen LogP contribution in [0, 0.1) is 5.92 Å². The van der Waals surface area contributed by atoms with Crippen LogP contribution in [0.5, 0.6) is 0 Å². The van der Waals surface area contributed by atoms with Crippen molar-refractivity contribution in [1.82, 2.24) is 9.80 Å². The number of hydrogen-bond donors (Lipinski definition) is 1. The van der Waals surface area contributed by atoms with Crippen LogP contribution in [-0.2, 0) is 16.0 Å². The summed E-state index contributed by atoms with van der Waals surface area (Å²) in [5, 5.41) is 10.4. The molecule has 0 aliphatic heterocycles. The van der Waals surface area contributed by atoms with Crippen molar-refractivity contribution in [2.45, 2.75) is 19.3 Å². The van der Waals surface area contributed by atoms with Gasteiger partial charge in [-0.05, 0) is 53.8 Å².